The molecule has 0 aromatic heterocycles. The van der Waals surface area contributed by atoms with Crippen LogP contribution >= 0.6 is 15.9 Å². The van der Waals surface area contributed by atoms with Crippen LogP contribution in [0, 0.1) is 6.92 Å². The van der Waals surface area contributed by atoms with Crippen LogP contribution in [0.4, 0.5) is 0 Å². The first-order valence-corrected chi connectivity index (χ1v) is 8.35. The third-order valence-corrected chi connectivity index (χ3v) is 3.90. The van der Waals surface area contributed by atoms with Crippen molar-refractivity contribution in [1.29, 1.82) is 0 Å². The second-order valence-corrected chi connectivity index (χ2v) is 5.53. The minimum atomic E-state index is 0.573. The highest BCUT2D eigenvalue weighted by atomic mass is 79.9. The van der Waals surface area contributed by atoms with Crippen molar-refractivity contribution in [3.63, 3.8) is 0 Å². The minimum Gasteiger partial charge on any atom is -0.493 e. The molecule has 0 fully saturated rings. The van der Waals surface area contributed by atoms with Gasteiger partial charge in [-0.05, 0) is 30.5 Å². The molecular weight excluding hydrogens is 328 g/mol. The molecule has 3 heteroatoms. The van der Waals surface area contributed by atoms with Gasteiger partial charge in [-0.3, -0.25) is 0 Å². The van der Waals surface area contributed by atoms with E-state index < -0.39 is 0 Å². The van der Waals surface area contributed by atoms with E-state index >= 15 is 0 Å². The first kappa shape index (κ1) is 15.9. The molecule has 0 atom stereocenters. The Labute approximate surface area is 135 Å². The van der Waals surface area contributed by atoms with Gasteiger partial charge in [-0.15, -0.1) is 0 Å². The predicted octanol–water partition coefficient (Wildman–Crippen LogP) is 5.26. The van der Waals surface area contributed by atoms with Crippen molar-refractivity contribution in [1.82, 2.24) is 0 Å². The molecule has 0 spiro atoms. The van der Waals surface area contributed by atoms with Crippen molar-refractivity contribution in [2.75, 3.05) is 6.61 Å². The lowest BCUT2D eigenvalue weighted by Gasteiger charge is -2.13. The summed E-state index contributed by atoms with van der Waals surface area (Å²) in [6, 6.07) is 14.3. The SMILES string of the molecule is CCCOc1ccc(CBr)c(OCc2ccccc2C)c1. The summed E-state index contributed by atoms with van der Waals surface area (Å²) in [5.74, 6) is 1.74. The van der Waals surface area contributed by atoms with Crippen molar-refractivity contribution in [2.45, 2.75) is 32.2 Å². The van der Waals surface area contributed by atoms with E-state index in [9.17, 15) is 0 Å². The van der Waals surface area contributed by atoms with E-state index in [1.54, 1.807) is 0 Å². The third kappa shape index (κ3) is 4.50. The fourth-order valence-corrected chi connectivity index (χ4v) is 2.48. The molecule has 2 aromatic carbocycles. The lowest BCUT2D eigenvalue weighted by atomic mass is 10.1. The summed E-state index contributed by atoms with van der Waals surface area (Å²) in [4.78, 5) is 0. The number of aryl methyl sites for hydroxylation is 1. The highest BCUT2D eigenvalue weighted by Gasteiger charge is 2.06. The Morgan fingerprint density at radius 3 is 2.52 bits per heavy atom. The van der Waals surface area contributed by atoms with Crippen LogP contribution in [0.15, 0.2) is 42.5 Å². The van der Waals surface area contributed by atoms with Gasteiger partial charge in [0.05, 0.1) is 6.61 Å². The van der Waals surface area contributed by atoms with Crippen LogP contribution in [-0.2, 0) is 11.9 Å². The molecule has 0 bridgehead atoms. The molecule has 21 heavy (non-hydrogen) atoms. The standard InChI is InChI=1S/C18H21BrO2/c1-3-10-20-17-9-8-15(12-19)18(11-17)21-13-16-7-5-4-6-14(16)2/h4-9,11H,3,10,12-13H2,1-2H3. The highest BCUT2D eigenvalue weighted by Crippen LogP contribution is 2.28. The number of hydrogen-bond donors (Lipinski definition) is 0. The molecule has 112 valence electrons. The molecular formula is C18H21BrO2. The topological polar surface area (TPSA) is 18.5 Å². The molecule has 0 aliphatic rings. The molecule has 0 radical (unpaired) electrons. The average Bonchev–Trinajstić information content (AvgIpc) is 2.52. The van der Waals surface area contributed by atoms with Gasteiger partial charge in [-0.2, -0.15) is 0 Å². The number of halogens is 1. The normalized spacial score (nSPS) is 10.4. The molecule has 0 N–H and O–H groups in total. The molecule has 0 unspecified atom stereocenters. The second kappa shape index (κ2) is 8.08. The van der Waals surface area contributed by atoms with Gasteiger partial charge in [0, 0.05) is 17.0 Å². The van der Waals surface area contributed by atoms with Crippen LogP contribution in [0.25, 0.3) is 0 Å². The van der Waals surface area contributed by atoms with Crippen molar-refractivity contribution in [2.24, 2.45) is 0 Å². The third-order valence-electron chi connectivity index (χ3n) is 3.30. The predicted molar refractivity (Wildman–Crippen MR) is 90.4 cm³/mol. The number of hydrogen-bond acceptors (Lipinski definition) is 2. The molecule has 0 aliphatic carbocycles. The van der Waals surface area contributed by atoms with Gasteiger partial charge in [-0.25, -0.2) is 0 Å². The quantitative estimate of drug-likeness (QED) is 0.635. The fourth-order valence-electron chi connectivity index (χ4n) is 2.02. The van der Waals surface area contributed by atoms with Crippen LogP contribution in [0.1, 0.15) is 30.0 Å². The smallest absolute Gasteiger partial charge is 0.127 e. The molecule has 2 aromatic rings. The fraction of sp³-hybridized carbons (Fsp3) is 0.333. The monoisotopic (exact) mass is 348 g/mol. The Hall–Kier alpha value is -1.48. The lowest BCUT2D eigenvalue weighted by Crippen LogP contribution is -2.01. The largest absolute Gasteiger partial charge is 0.493 e. The molecule has 0 heterocycles. The van der Waals surface area contributed by atoms with Crippen molar-refractivity contribution in [3.8, 4) is 11.5 Å². The van der Waals surface area contributed by atoms with Crippen molar-refractivity contribution >= 4 is 15.9 Å². The van der Waals surface area contributed by atoms with Gasteiger partial charge >= 0.3 is 0 Å². The zero-order valence-corrected chi connectivity index (χ0v) is 14.2. The molecule has 2 nitrogen and oxygen atoms in total. The zero-order valence-electron chi connectivity index (χ0n) is 12.6. The summed E-state index contributed by atoms with van der Waals surface area (Å²) in [6.07, 6.45) is 1.000. The Balaban J connectivity index is 2.12. The van der Waals surface area contributed by atoms with E-state index in [0.717, 1.165) is 35.4 Å². The van der Waals surface area contributed by atoms with Crippen molar-refractivity contribution in [3.05, 3.63) is 59.2 Å². The van der Waals surface area contributed by atoms with E-state index in [1.165, 1.54) is 11.1 Å². The van der Waals surface area contributed by atoms with E-state index in [1.807, 2.05) is 30.3 Å². The van der Waals surface area contributed by atoms with E-state index in [4.69, 9.17) is 9.47 Å². The van der Waals surface area contributed by atoms with Gasteiger partial charge in [0.25, 0.3) is 0 Å². The number of alkyl halides is 1. The van der Waals surface area contributed by atoms with Crippen LogP contribution in [-0.4, -0.2) is 6.61 Å². The van der Waals surface area contributed by atoms with E-state index in [2.05, 4.69) is 41.9 Å². The minimum absolute atomic E-state index is 0.573. The maximum Gasteiger partial charge on any atom is 0.127 e. The molecule has 0 saturated heterocycles. The number of rotatable bonds is 7. The molecule has 0 saturated carbocycles. The maximum atomic E-state index is 6.01. The van der Waals surface area contributed by atoms with Crippen LogP contribution in [0.3, 0.4) is 0 Å². The number of ether oxygens (including phenoxy) is 2. The summed E-state index contributed by atoms with van der Waals surface area (Å²) >= 11 is 3.51. The van der Waals surface area contributed by atoms with Gasteiger partial charge in [0.2, 0.25) is 0 Å². The Morgan fingerprint density at radius 2 is 1.81 bits per heavy atom. The summed E-state index contributed by atoms with van der Waals surface area (Å²) in [5, 5.41) is 0.768. The van der Waals surface area contributed by atoms with Gasteiger partial charge in [0.1, 0.15) is 18.1 Å². The number of benzene rings is 2. The first-order chi connectivity index (χ1) is 10.2. The first-order valence-electron chi connectivity index (χ1n) is 7.23. The van der Waals surface area contributed by atoms with Gasteiger partial charge in [-0.1, -0.05) is 53.2 Å². The van der Waals surface area contributed by atoms with Crippen LogP contribution in [0.5, 0.6) is 11.5 Å². The van der Waals surface area contributed by atoms with Crippen molar-refractivity contribution < 1.29 is 9.47 Å². The zero-order chi connectivity index (χ0) is 15.1. The average molecular weight is 349 g/mol. The van der Waals surface area contributed by atoms with E-state index in [0.29, 0.717) is 6.61 Å². The maximum absolute atomic E-state index is 6.01. The summed E-state index contributed by atoms with van der Waals surface area (Å²) in [7, 11) is 0. The molecule has 0 amide bonds. The lowest BCUT2D eigenvalue weighted by molar-refractivity contribution is 0.292. The summed E-state index contributed by atoms with van der Waals surface area (Å²) in [6.45, 7) is 5.50. The molecule has 0 aliphatic heterocycles. The second-order valence-electron chi connectivity index (χ2n) is 4.97. The van der Waals surface area contributed by atoms with Gasteiger partial charge < -0.3 is 9.47 Å². The summed E-state index contributed by atoms with van der Waals surface area (Å²) in [5.41, 5.74) is 3.58. The van der Waals surface area contributed by atoms with Gasteiger partial charge in [0.15, 0.2) is 0 Å². The summed E-state index contributed by atoms with van der Waals surface area (Å²) < 4.78 is 11.7. The Kier molecular flexibility index (Phi) is 6.12. The van der Waals surface area contributed by atoms with E-state index in [-0.39, 0.29) is 0 Å². The Bertz CT molecular complexity index is 581. The van der Waals surface area contributed by atoms with Crippen LogP contribution in [0.2, 0.25) is 0 Å². The molecule has 2 rings (SSSR count). The highest BCUT2D eigenvalue weighted by molar-refractivity contribution is 9.08. The van der Waals surface area contributed by atoms with Crippen LogP contribution < -0.4 is 9.47 Å². The Morgan fingerprint density at radius 1 is 1.00 bits per heavy atom.